The second kappa shape index (κ2) is 5.89. The van der Waals surface area contributed by atoms with Crippen LogP contribution in [-0.2, 0) is 11.8 Å². The molecule has 0 saturated heterocycles. The molecule has 0 atom stereocenters. The smallest absolute Gasteiger partial charge is 0.406 e. The van der Waals surface area contributed by atoms with Gasteiger partial charge in [0.25, 0.3) is 0 Å². The van der Waals surface area contributed by atoms with Gasteiger partial charge in [-0.3, -0.25) is 0 Å². The number of aromatic nitrogens is 2. The topological polar surface area (TPSA) is 35.0 Å². The van der Waals surface area contributed by atoms with Crippen molar-refractivity contribution in [3.63, 3.8) is 0 Å². The maximum atomic E-state index is 12.5. The summed E-state index contributed by atoms with van der Waals surface area (Å²) in [6.45, 7) is 4.26. The molecule has 0 saturated carbocycles. The number of hydrogen-bond acceptors (Lipinski definition) is 4. The van der Waals surface area contributed by atoms with Crippen LogP contribution in [0.2, 0.25) is 5.28 Å². The molecule has 2 heterocycles. The van der Waals surface area contributed by atoms with Crippen molar-refractivity contribution in [3.05, 3.63) is 52.1 Å². The number of benzene rings is 1. The lowest BCUT2D eigenvalue weighted by Gasteiger charge is -2.36. The summed E-state index contributed by atoms with van der Waals surface area (Å²) in [6.07, 6.45) is -1.45. The number of rotatable bonds is 1. The fraction of sp³-hybridized carbons (Fsp3) is 0.333. The molecule has 1 aliphatic carbocycles. The van der Waals surface area contributed by atoms with Gasteiger partial charge in [-0.2, -0.15) is 0 Å². The summed E-state index contributed by atoms with van der Waals surface area (Å²) in [4.78, 5) is 10.2. The van der Waals surface area contributed by atoms with Crippen LogP contribution in [0.15, 0.2) is 34.9 Å². The van der Waals surface area contributed by atoms with Gasteiger partial charge in [-0.15, -0.1) is 13.2 Å². The molecule has 0 spiro atoms. The summed E-state index contributed by atoms with van der Waals surface area (Å²) in [7, 11) is 0. The Morgan fingerprint density at radius 1 is 1.27 bits per heavy atom. The minimum Gasteiger partial charge on any atom is -0.406 e. The maximum absolute atomic E-state index is 12.5. The molecule has 8 heteroatoms. The molecule has 1 aromatic heterocycles. The molecule has 0 N–H and O–H groups in total. The normalized spacial score (nSPS) is 18.1. The summed E-state index contributed by atoms with van der Waals surface area (Å²) < 4.78 is 41.5. The Labute approximate surface area is 157 Å². The van der Waals surface area contributed by atoms with Gasteiger partial charge in [0.15, 0.2) is 0 Å². The molecule has 1 aromatic carbocycles. The summed E-state index contributed by atoms with van der Waals surface area (Å²) in [5.41, 5.74) is 3.85. The molecule has 0 fully saturated rings. The Hall–Kier alpha value is -1.73. The zero-order valence-electron chi connectivity index (χ0n) is 13.9. The number of alkyl halides is 3. The fourth-order valence-electron chi connectivity index (χ4n) is 3.48. The quantitative estimate of drug-likeness (QED) is 0.571. The van der Waals surface area contributed by atoms with Gasteiger partial charge in [-0.1, -0.05) is 31.7 Å². The fourth-order valence-corrected chi connectivity index (χ4v) is 4.82. The molecule has 0 amide bonds. The number of thioether (sulfide) groups is 1. The number of halogens is 4. The number of fused-ring (bicyclic) bond motifs is 3. The third-order valence-electron chi connectivity index (χ3n) is 4.57. The Morgan fingerprint density at radius 2 is 2.04 bits per heavy atom. The Bertz CT molecular complexity index is 941. The van der Waals surface area contributed by atoms with E-state index in [1.54, 1.807) is 12.3 Å². The third kappa shape index (κ3) is 3.18. The van der Waals surface area contributed by atoms with Crippen LogP contribution in [0.5, 0.6) is 5.75 Å². The standard InChI is InChI=1S/C18H14ClF3N2OS/c1-17(2)7-10-5-9-3-4-11(25-18(20,21)22)6-13(9)26-15(10)14-12(17)8-23-16(19)24-14/h3-4,6,8H,5,7H2,1-2H3. The van der Waals surface area contributed by atoms with Gasteiger partial charge in [0.2, 0.25) is 5.28 Å². The van der Waals surface area contributed by atoms with Gasteiger partial charge in [0.05, 0.1) is 5.69 Å². The van der Waals surface area contributed by atoms with Crippen LogP contribution in [0, 0.1) is 0 Å². The Morgan fingerprint density at radius 3 is 2.77 bits per heavy atom. The maximum Gasteiger partial charge on any atom is 0.573 e. The molecule has 2 aromatic rings. The summed E-state index contributed by atoms with van der Waals surface area (Å²) in [5, 5.41) is 0.161. The van der Waals surface area contributed by atoms with E-state index in [9.17, 15) is 13.2 Å². The molecule has 3 nitrogen and oxygen atoms in total. The van der Waals surface area contributed by atoms with E-state index in [1.807, 2.05) is 0 Å². The van der Waals surface area contributed by atoms with Crippen molar-refractivity contribution < 1.29 is 17.9 Å². The van der Waals surface area contributed by atoms with Crippen molar-refractivity contribution in [1.82, 2.24) is 9.97 Å². The Balaban J connectivity index is 1.76. The first-order valence-electron chi connectivity index (χ1n) is 7.94. The summed E-state index contributed by atoms with van der Waals surface area (Å²) in [6, 6.07) is 4.49. The number of hydrogen-bond donors (Lipinski definition) is 0. The zero-order chi connectivity index (χ0) is 18.7. The van der Waals surface area contributed by atoms with E-state index in [1.165, 1.54) is 29.5 Å². The highest BCUT2D eigenvalue weighted by atomic mass is 35.5. The van der Waals surface area contributed by atoms with Crippen LogP contribution in [-0.4, -0.2) is 16.3 Å². The van der Waals surface area contributed by atoms with E-state index in [2.05, 4.69) is 28.6 Å². The monoisotopic (exact) mass is 398 g/mol. The van der Waals surface area contributed by atoms with Crippen molar-refractivity contribution in [2.75, 3.05) is 0 Å². The number of ether oxygens (including phenoxy) is 1. The van der Waals surface area contributed by atoms with Gasteiger partial charge in [-0.25, -0.2) is 9.97 Å². The van der Waals surface area contributed by atoms with E-state index >= 15 is 0 Å². The van der Waals surface area contributed by atoms with Crippen LogP contribution in [0.25, 0.3) is 4.91 Å². The predicted molar refractivity (Wildman–Crippen MR) is 94.3 cm³/mol. The summed E-state index contributed by atoms with van der Waals surface area (Å²) >= 11 is 7.42. The van der Waals surface area contributed by atoms with Crippen LogP contribution >= 0.6 is 23.4 Å². The highest BCUT2D eigenvalue weighted by molar-refractivity contribution is 8.08. The van der Waals surface area contributed by atoms with Crippen LogP contribution in [0.4, 0.5) is 13.2 Å². The van der Waals surface area contributed by atoms with Gasteiger partial charge in [-0.05, 0) is 53.1 Å². The lowest BCUT2D eigenvalue weighted by molar-refractivity contribution is -0.274. The highest BCUT2D eigenvalue weighted by Gasteiger charge is 2.37. The lowest BCUT2D eigenvalue weighted by Crippen LogP contribution is -2.27. The molecule has 0 unspecified atom stereocenters. The van der Waals surface area contributed by atoms with E-state index in [-0.39, 0.29) is 16.4 Å². The first-order chi connectivity index (χ1) is 12.1. The third-order valence-corrected chi connectivity index (χ3v) is 6.04. The molecule has 0 radical (unpaired) electrons. The molecule has 136 valence electrons. The lowest BCUT2D eigenvalue weighted by atomic mass is 9.73. The van der Waals surface area contributed by atoms with Crippen molar-refractivity contribution in [2.45, 2.75) is 43.4 Å². The van der Waals surface area contributed by atoms with Crippen molar-refractivity contribution >= 4 is 28.3 Å². The second-order valence-electron chi connectivity index (χ2n) is 6.99. The van der Waals surface area contributed by atoms with Crippen molar-refractivity contribution in [2.24, 2.45) is 0 Å². The van der Waals surface area contributed by atoms with E-state index in [4.69, 9.17) is 11.6 Å². The second-order valence-corrected chi connectivity index (χ2v) is 8.38. The molecule has 4 rings (SSSR count). The zero-order valence-corrected chi connectivity index (χ0v) is 15.5. The molecule has 0 bridgehead atoms. The molecule has 26 heavy (non-hydrogen) atoms. The predicted octanol–water partition coefficient (Wildman–Crippen LogP) is 5.77. The minimum atomic E-state index is -4.71. The van der Waals surface area contributed by atoms with Crippen molar-refractivity contribution in [3.8, 4) is 5.75 Å². The van der Waals surface area contributed by atoms with Crippen molar-refractivity contribution in [1.29, 1.82) is 0 Å². The van der Waals surface area contributed by atoms with Crippen LogP contribution in [0.3, 0.4) is 0 Å². The average molecular weight is 399 g/mol. The minimum absolute atomic E-state index is 0.129. The van der Waals surface area contributed by atoms with Crippen LogP contribution < -0.4 is 4.74 Å². The molecular formula is C18H14ClF3N2OS. The molecule has 2 aliphatic rings. The Kier molecular flexibility index (Phi) is 4.00. The van der Waals surface area contributed by atoms with Gasteiger partial charge in [0.1, 0.15) is 5.75 Å². The van der Waals surface area contributed by atoms with Crippen LogP contribution in [0.1, 0.15) is 37.1 Å². The average Bonchev–Trinajstić information content (AvgIpc) is 2.51. The number of nitrogens with zero attached hydrogens (tertiary/aromatic N) is 2. The molecule has 1 aliphatic heterocycles. The van der Waals surface area contributed by atoms with E-state index in [0.29, 0.717) is 6.42 Å². The summed E-state index contributed by atoms with van der Waals surface area (Å²) in [5.74, 6) is -0.218. The van der Waals surface area contributed by atoms with E-state index < -0.39 is 6.36 Å². The molecular weight excluding hydrogens is 385 g/mol. The van der Waals surface area contributed by atoms with Gasteiger partial charge in [0, 0.05) is 21.6 Å². The van der Waals surface area contributed by atoms with Gasteiger partial charge >= 0.3 is 6.36 Å². The highest BCUT2D eigenvalue weighted by Crippen LogP contribution is 2.52. The van der Waals surface area contributed by atoms with E-state index in [0.717, 1.165) is 33.0 Å². The first kappa shape index (κ1) is 17.7. The number of allylic oxidation sites excluding steroid dienone is 1. The first-order valence-corrected chi connectivity index (χ1v) is 9.14. The largest absolute Gasteiger partial charge is 0.573 e. The SMILES string of the molecule is CC1(C)CC2=C(Sc3cc(OC(F)(F)F)ccc3C2)c2nc(Cl)ncc21. The van der Waals surface area contributed by atoms with Gasteiger partial charge < -0.3 is 4.74 Å².